The summed E-state index contributed by atoms with van der Waals surface area (Å²) in [5, 5.41) is 12.1. The van der Waals surface area contributed by atoms with Crippen molar-refractivity contribution in [3.63, 3.8) is 0 Å². The largest absolute Gasteiger partial charge is 0.394 e. The second kappa shape index (κ2) is 7.69. The van der Waals surface area contributed by atoms with Crippen molar-refractivity contribution >= 4 is 5.91 Å². The topological polar surface area (TPSA) is 71.3 Å². The fourth-order valence-electron chi connectivity index (χ4n) is 2.32. The molecule has 23 heavy (non-hydrogen) atoms. The molecule has 0 bridgehead atoms. The van der Waals surface area contributed by atoms with Crippen molar-refractivity contribution in [1.29, 1.82) is 0 Å². The van der Waals surface area contributed by atoms with Crippen molar-refractivity contribution in [2.24, 2.45) is 0 Å². The molecule has 0 aliphatic rings. The Morgan fingerprint density at radius 3 is 2.57 bits per heavy atom. The highest BCUT2D eigenvalue weighted by molar-refractivity contribution is 5.76. The highest BCUT2D eigenvalue weighted by Gasteiger charge is 2.14. The number of halogens is 1. The number of hydrogen-bond acceptors (Lipinski definition) is 3. The number of nitrogens with zero attached hydrogens (tertiary/aromatic N) is 1. The van der Waals surface area contributed by atoms with Crippen LogP contribution in [0.1, 0.15) is 23.7 Å². The number of nitrogens with one attached hydrogen (secondary N) is 1. The van der Waals surface area contributed by atoms with Gasteiger partial charge < -0.3 is 15.0 Å². The van der Waals surface area contributed by atoms with Gasteiger partial charge in [0.2, 0.25) is 5.91 Å². The molecule has 1 unspecified atom stereocenters. The van der Waals surface area contributed by atoms with Crippen molar-refractivity contribution in [2.75, 3.05) is 6.61 Å². The van der Waals surface area contributed by atoms with Crippen LogP contribution in [-0.4, -0.2) is 22.2 Å². The van der Waals surface area contributed by atoms with E-state index in [4.69, 9.17) is 0 Å². The summed E-state index contributed by atoms with van der Waals surface area (Å²) < 4.78 is 14.4. The molecule has 1 aromatic carbocycles. The fraction of sp³-hybridized carbons (Fsp3) is 0.294. The smallest absolute Gasteiger partial charge is 0.250 e. The lowest BCUT2D eigenvalue weighted by atomic mass is 10.1. The number of pyridine rings is 1. The Bertz CT molecular complexity index is 725. The molecule has 0 aliphatic heterocycles. The average Bonchev–Trinajstić information content (AvgIpc) is 2.53. The SMILES string of the molecule is Cc1cccc(=O)n1CCC(=O)NC(CO)c1ccc(F)cc1. The molecular formula is C17H19FN2O3. The first kappa shape index (κ1) is 16.9. The van der Waals surface area contributed by atoms with E-state index in [2.05, 4.69) is 5.32 Å². The molecule has 1 aromatic heterocycles. The average molecular weight is 318 g/mol. The van der Waals surface area contributed by atoms with Crippen LogP contribution in [0.2, 0.25) is 0 Å². The number of aryl methyl sites for hydroxylation is 1. The Kier molecular flexibility index (Phi) is 5.65. The van der Waals surface area contributed by atoms with Gasteiger partial charge in [-0.05, 0) is 30.7 Å². The zero-order valence-corrected chi connectivity index (χ0v) is 12.8. The third-order valence-corrected chi connectivity index (χ3v) is 3.62. The second-order valence-electron chi connectivity index (χ2n) is 5.26. The van der Waals surface area contributed by atoms with E-state index in [1.807, 2.05) is 0 Å². The van der Waals surface area contributed by atoms with E-state index in [9.17, 15) is 19.1 Å². The summed E-state index contributed by atoms with van der Waals surface area (Å²) in [7, 11) is 0. The van der Waals surface area contributed by atoms with E-state index in [0.717, 1.165) is 5.69 Å². The zero-order valence-electron chi connectivity index (χ0n) is 12.8. The van der Waals surface area contributed by atoms with Crippen LogP contribution in [0.4, 0.5) is 4.39 Å². The molecule has 122 valence electrons. The minimum Gasteiger partial charge on any atom is -0.394 e. The maximum absolute atomic E-state index is 12.9. The molecule has 0 saturated carbocycles. The summed E-state index contributed by atoms with van der Waals surface area (Å²) in [6.07, 6.45) is 0.114. The monoisotopic (exact) mass is 318 g/mol. The Balaban J connectivity index is 1.98. The molecule has 1 amide bonds. The number of aromatic nitrogens is 1. The van der Waals surface area contributed by atoms with Crippen molar-refractivity contribution in [2.45, 2.75) is 25.9 Å². The maximum atomic E-state index is 12.9. The van der Waals surface area contributed by atoms with Crippen LogP contribution in [0.5, 0.6) is 0 Å². The van der Waals surface area contributed by atoms with Gasteiger partial charge in [-0.25, -0.2) is 4.39 Å². The predicted molar refractivity (Wildman–Crippen MR) is 84.4 cm³/mol. The van der Waals surface area contributed by atoms with Crippen LogP contribution in [0.3, 0.4) is 0 Å². The molecule has 2 rings (SSSR count). The van der Waals surface area contributed by atoms with Crippen molar-refractivity contribution in [3.8, 4) is 0 Å². The highest BCUT2D eigenvalue weighted by atomic mass is 19.1. The summed E-state index contributed by atoms with van der Waals surface area (Å²) in [4.78, 5) is 23.8. The van der Waals surface area contributed by atoms with Crippen molar-refractivity contribution in [1.82, 2.24) is 9.88 Å². The first-order valence-corrected chi connectivity index (χ1v) is 7.33. The lowest BCUT2D eigenvalue weighted by Gasteiger charge is -2.17. The van der Waals surface area contributed by atoms with Gasteiger partial charge in [0.25, 0.3) is 5.56 Å². The van der Waals surface area contributed by atoms with Crippen LogP contribution in [0.25, 0.3) is 0 Å². The molecular weight excluding hydrogens is 299 g/mol. The van der Waals surface area contributed by atoms with Crippen molar-refractivity contribution < 1.29 is 14.3 Å². The Morgan fingerprint density at radius 1 is 1.26 bits per heavy atom. The van der Waals surface area contributed by atoms with E-state index in [0.29, 0.717) is 5.56 Å². The molecule has 1 heterocycles. The van der Waals surface area contributed by atoms with Gasteiger partial charge in [0, 0.05) is 24.7 Å². The molecule has 0 saturated heterocycles. The van der Waals surface area contributed by atoms with Gasteiger partial charge in [-0.1, -0.05) is 18.2 Å². The summed E-state index contributed by atoms with van der Waals surface area (Å²) >= 11 is 0. The molecule has 0 fully saturated rings. The summed E-state index contributed by atoms with van der Waals surface area (Å²) in [6, 6.07) is 9.90. The number of amides is 1. The standard InChI is InChI=1S/C17H19FN2O3/c1-12-3-2-4-17(23)20(12)10-9-16(22)19-15(11-21)13-5-7-14(18)8-6-13/h2-8,15,21H,9-11H2,1H3,(H,19,22). The van der Waals surface area contributed by atoms with E-state index in [-0.39, 0.29) is 36.9 Å². The molecule has 0 spiro atoms. The fourth-order valence-corrected chi connectivity index (χ4v) is 2.32. The number of benzene rings is 1. The third kappa shape index (κ3) is 4.50. The first-order chi connectivity index (χ1) is 11.0. The van der Waals surface area contributed by atoms with Gasteiger partial charge in [0.15, 0.2) is 0 Å². The van der Waals surface area contributed by atoms with E-state index >= 15 is 0 Å². The minimum atomic E-state index is -0.600. The molecule has 1 atom stereocenters. The highest BCUT2D eigenvalue weighted by Crippen LogP contribution is 2.13. The Hall–Kier alpha value is -2.47. The van der Waals surface area contributed by atoms with Crippen molar-refractivity contribution in [3.05, 3.63) is 69.9 Å². The van der Waals surface area contributed by atoms with Gasteiger partial charge in [-0.2, -0.15) is 0 Å². The van der Waals surface area contributed by atoms with Crippen LogP contribution >= 0.6 is 0 Å². The number of hydrogen-bond donors (Lipinski definition) is 2. The lowest BCUT2D eigenvalue weighted by molar-refractivity contribution is -0.122. The van der Waals surface area contributed by atoms with Crippen LogP contribution in [-0.2, 0) is 11.3 Å². The Labute approximate surface area is 133 Å². The predicted octanol–water partition coefficient (Wildman–Crippen LogP) is 1.54. The Morgan fingerprint density at radius 2 is 1.96 bits per heavy atom. The number of carbonyl (C=O) groups is 1. The zero-order chi connectivity index (χ0) is 16.8. The second-order valence-corrected chi connectivity index (χ2v) is 5.26. The summed E-state index contributed by atoms with van der Waals surface area (Å²) in [5.41, 5.74) is 1.24. The normalized spacial score (nSPS) is 12.0. The van der Waals surface area contributed by atoms with Crippen LogP contribution in [0, 0.1) is 12.7 Å². The third-order valence-electron chi connectivity index (χ3n) is 3.62. The van der Waals surface area contributed by atoms with Gasteiger partial charge >= 0.3 is 0 Å². The van der Waals surface area contributed by atoms with E-state index < -0.39 is 6.04 Å². The van der Waals surface area contributed by atoms with Gasteiger partial charge in [0.05, 0.1) is 12.6 Å². The molecule has 0 aliphatic carbocycles. The number of aliphatic hydroxyl groups is 1. The van der Waals surface area contributed by atoms with Gasteiger partial charge in [-0.15, -0.1) is 0 Å². The lowest BCUT2D eigenvalue weighted by Crippen LogP contribution is -2.32. The van der Waals surface area contributed by atoms with Gasteiger partial charge in [-0.3, -0.25) is 9.59 Å². The molecule has 2 aromatic rings. The molecule has 6 heteroatoms. The van der Waals surface area contributed by atoms with Gasteiger partial charge in [0.1, 0.15) is 5.82 Å². The first-order valence-electron chi connectivity index (χ1n) is 7.33. The quantitative estimate of drug-likeness (QED) is 0.848. The van der Waals surface area contributed by atoms with E-state index in [1.54, 1.807) is 19.1 Å². The number of carbonyl (C=O) groups excluding carboxylic acids is 1. The number of aliphatic hydroxyl groups excluding tert-OH is 1. The van der Waals surface area contributed by atoms with Crippen LogP contribution in [0.15, 0.2) is 47.3 Å². The minimum absolute atomic E-state index is 0.114. The number of rotatable bonds is 6. The maximum Gasteiger partial charge on any atom is 0.250 e. The molecule has 2 N–H and O–H groups in total. The summed E-state index contributed by atoms with van der Waals surface area (Å²) in [6.45, 7) is 1.77. The van der Waals surface area contributed by atoms with E-state index in [1.165, 1.54) is 34.9 Å². The molecule has 0 radical (unpaired) electrons. The van der Waals surface area contributed by atoms with Crippen LogP contribution < -0.4 is 10.9 Å². The summed E-state index contributed by atoms with van der Waals surface area (Å²) in [5.74, 6) is -0.667. The molecule has 5 nitrogen and oxygen atoms in total.